The highest BCUT2D eigenvalue weighted by Gasteiger charge is 2.20. The number of hydrogen-bond acceptors (Lipinski definition) is 5. The average molecular weight is 344 g/mol. The molecule has 1 amide bonds. The molecule has 3 heterocycles. The van der Waals surface area contributed by atoms with Crippen molar-refractivity contribution in [2.75, 3.05) is 45.2 Å². The molecular formula is C18H24N4OS. The second-order valence-corrected chi connectivity index (χ2v) is 7.33. The van der Waals surface area contributed by atoms with E-state index in [9.17, 15) is 4.79 Å². The fourth-order valence-electron chi connectivity index (χ4n) is 2.91. The largest absolute Gasteiger partial charge is 0.363 e. The predicted molar refractivity (Wildman–Crippen MR) is 98.7 cm³/mol. The fourth-order valence-corrected chi connectivity index (χ4v) is 3.66. The summed E-state index contributed by atoms with van der Waals surface area (Å²) in [6.07, 6.45) is 2.70. The summed E-state index contributed by atoms with van der Waals surface area (Å²) in [6.45, 7) is 4.54. The molecule has 2 aromatic heterocycles. The molecule has 24 heavy (non-hydrogen) atoms. The maximum Gasteiger partial charge on any atom is 0.255 e. The molecule has 0 unspecified atom stereocenters. The van der Waals surface area contributed by atoms with Gasteiger partial charge in [0.1, 0.15) is 5.82 Å². The number of amides is 1. The SMILES string of the molecule is CN(C)c1ccc(C(=O)N2CCCN(Cc3cccs3)CC2)cn1. The van der Waals surface area contributed by atoms with Crippen LogP contribution in [0.2, 0.25) is 0 Å². The minimum absolute atomic E-state index is 0.0887. The van der Waals surface area contributed by atoms with E-state index >= 15 is 0 Å². The van der Waals surface area contributed by atoms with E-state index in [-0.39, 0.29) is 5.91 Å². The van der Waals surface area contributed by atoms with Crippen LogP contribution in [-0.2, 0) is 6.54 Å². The Morgan fingerprint density at radius 3 is 2.75 bits per heavy atom. The number of thiophene rings is 1. The van der Waals surface area contributed by atoms with Crippen molar-refractivity contribution in [2.24, 2.45) is 0 Å². The Morgan fingerprint density at radius 2 is 2.08 bits per heavy atom. The highest BCUT2D eigenvalue weighted by atomic mass is 32.1. The Kier molecular flexibility index (Phi) is 5.48. The third-order valence-corrected chi connectivity index (χ3v) is 5.15. The lowest BCUT2D eigenvalue weighted by Crippen LogP contribution is -2.35. The zero-order valence-electron chi connectivity index (χ0n) is 14.3. The maximum atomic E-state index is 12.7. The normalized spacial score (nSPS) is 16.0. The van der Waals surface area contributed by atoms with E-state index in [1.165, 1.54) is 4.88 Å². The van der Waals surface area contributed by atoms with Gasteiger partial charge in [0.05, 0.1) is 5.56 Å². The van der Waals surface area contributed by atoms with Crippen LogP contribution >= 0.6 is 11.3 Å². The lowest BCUT2D eigenvalue weighted by Gasteiger charge is -2.22. The molecule has 0 atom stereocenters. The van der Waals surface area contributed by atoms with Crippen molar-refractivity contribution in [1.29, 1.82) is 0 Å². The van der Waals surface area contributed by atoms with Crippen LogP contribution in [-0.4, -0.2) is 61.0 Å². The van der Waals surface area contributed by atoms with Gasteiger partial charge in [0.2, 0.25) is 0 Å². The average Bonchev–Trinajstić information content (AvgIpc) is 2.99. The Morgan fingerprint density at radius 1 is 1.21 bits per heavy atom. The molecule has 1 fully saturated rings. The summed E-state index contributed by atoms with van der Waals surface area (Å²) in [5, 5.41) is 2.12. The smallest absolute Gasteiger partial charge is 0.255 e. The van der Waals surface area contributed by atoms with Crippen molar-refractivity contribution >= 4 is 23.1 Å². The number of carbonyl (C=O) groups is 1. The zero-order valence-corrected chi connectivity index (χ0v) is 15.1. The number of pyridine rings is 1. The monoisotopic (exact) mass is 344 g/mol. The molecular weight excluding hydrogens is 320 g/mol. The summed E-state index contributed by atoms with van der Waals surface area (Å²) < 4.78 is 0. The van der Waals surface area contributed by atoms with Crippen LogP contribution in [0.15, 0.2) is 35.8 Å². The van der Waals surface area contributed by atoms with E-state index in [0.29, 0.717) is 5.56 Å². The topological polar surface area (TPSA) is 39.7 Å². The molecule has 0 N–H and O–H groups in total. The number of hydrogen-bond donors (Lipinski definition) is 0. The number of carbonyl (C=O) groups excluding carboxylic acids is 1. The maximum absolute atomic E-state index is 12.7. The van der Waals surface area contributed by atoms with Crippen molar-refractivity contribution in [3.63, 3.8) is 0 Å². The van der Waals surface area contributed by atoms with Crippen molar-refractivity contribution in [2.45, 2.75) is 13.0 Å². The quantitative estimate of drug-likeness (QED) is 0.855. The first-order valence-electron chi connectivity index (χ1n) is 8.31. The lowest BCUT2D eigenvalue weighted by molar-refractivity contribution is 0.0761. The van der Waals surface area contributed by atoms with Crippen LogP contribution in [0.4, 0.5) is 5.82 Å². The van der Waals surface area contributed by atoms with E-state index in [0.717, 1.165) is 45.0 Å². The summed E-state index contributed by atoms with van der Waals surface area (Å²) in [4.78, 5) is 24.8. The Bertz CT molecular complexity index is 654. The van der Waals surface area contributed by atoms with Gasteiger partial charge in [-0.2, -0.15) is 0 Å². The summed E-state index contributed by atoms with van der Waals surface area (Å²) >= 11 is 1.80. The van der Waals surface area contributed by atoms with Gasteiger partial charge < -0.3 is 9.80 Å². The molecule has 128 valence electrons. The first-order chi connectivity index (χ1) is 11.6. The van der Waals surface area contributed by atoms with Crippen LogP contribution in [0.5, 0.6) is 0 Å². The first-order valence-corrected chi connectivity index (χ1v) is 9.19. The highest BCUT2D eigenvalue weighted by Crippen LogP contribution is 2.15. The Labute approximate surface area is 147 Å². The molecule has 2 aromatic rings. The standard InChI is InChI=1S/C18H24N4OS/c1-20(2)17-7-6-15(13-19-17)18(23)22-9-4-8-21(10-11-22)14-16-5-3-12-24-16/h3,5-7,12-13H,4,8-11,14H2,1-2H3. The third kappa shape index (κ3) is 4.13. The molecule has 0 bridgehead atoms. The van der Waals surface area contributed by atoms with E-state index < -0.39 is 0 Å². The van der Waals surface area contributed by atoms with Crippen molar-refractivity contribution < 1.29 is 4.79 Å². The van der Waals surface area contributed by atoms with Crippen LogP contribution in [0, 0.1) is 0 Å². The molecule has 5 nitrogen and oxygen atoms in total. The number of anilines is 1. The predicted octanol–water partition coefficient (Wildman–Crippen LogP) is 2.56. The molecule has 0 spiro atoms. The summed E-state index contributed by atoms with van der Waals surface area (Å²) in [6, 6.07) is 8.04. The van der Waals surface area contributed by atoms with Gasteiger partial charge in [-0.3, -0.25) is 9.69 Å². The van der Waals surface area contributed by atoms with Gasteiger partial charge in [0.15, 0.2) is 0 Å². The first kappa shape index (κ1) is 16.9. The molecule has 1 aliphatic heterocycles. The fraction of sp³-hybridized carbons (Fsp3) is 0.444. The van der Waals surface area contributed by atoms with Gasteiger partial charge >= 0.3 is 0 Å². The highest BCUT2D eigenvalue weighted by molar-refractivity contribution is 7.09. The Balaban J connectivity index is 1.59. The van der Waals surface area contributed by atoms with Crippen molar-refractivity contribution in [1.82, 2.24) is 14.8 Å². The van der Waals surface area contributed by atoms with Crippen molar-refractivity contribution in [3.8, 4) is 0 Å². The summed E-state index contributed by atoms with van der Waals surface area (Å²) in [7, 11) is 3.89. The molecule has 1 aliphatic rings. The molecule has 3 rings (SSSR count). The van der Waals surface area contributed by atoms with Gasteiger partial charge in [-0.1, -0.05) is 6.07 Å². The zero-order chi connectivity index (χ0) is 16.9. The van der Waals surface area contributed by atoms with Crippen LogP contribution in [0.25, 0.3) is 0 Å². The summed E-state index contributed by atoms with van der Waals surface area (Å²) in [5.41, 5.74) is 0.673. The molecule has 6 heteroatoms. The van der Waals surface area contributed by atoms with E-state index in [1.54, 1.807) is 17.5 Å². The third-order valence-electron chi connectivity index (χ3n) is 4.29. The minimum Gasteiger partial charge on any atom is -0.363 e. The van der Waals surface area contributed by atoms with Gasteiger partial charge in [-0.15, -0.1) is 11.3 Å². The van der Waals surface area contributed by atoms with Gasteiger partial charge in [-0.25, -0.2) is 4.98 Å². The second-order valence-electron chi connectivity index (χ2n) is 6.30. The number of aromatic nitrogens is 1. The lowest BCUT2D eigenvalue weighted by atomic mass is 10.2. The van der Waals surface area contributed by atoms with E-state index in [2.05, 4.69) is 27.4 Å². The van der Waals surface area contributed by atoms with Crippen molar-refractivity contribution in [3.05, 3.63) is 46.3 Å². The molecule has 0 saturated carbocycles. The van der Waals surface area contributed by atoms with Crippen LogP contribution in [0.1, 0.15) is 21.7 Å². The molecule has 0 radical (unpaired) electrons. The molecule has 0 aliphatic carbocycles. The van der Waals surface area contributed by atoms with E-state index in [1.807, 2.05) is 36.0 Å². The Hall–Kier alpha value is -1.92. The minimum atomic E-state index is 0.0887. The van der Waals surface area contributed by atoms with Gasteiger partial charge in [0, 0.05) is 57.9 Å². The van der Waals surface area contributed by atoms with Gasteiger partial charge in [-0.05, 0) is 30.0 Å². The molecule has 0 aromatic carbocycles. The van der Waals surface area contributed by atoms with Gasteiger partial charge in [0.25, 0.3) is 5.91 Å². The number of nitrogens with zero attached hydrogens (tertiary/aromatic N) is 4. The molecule has 1 saturated heterocycles. The second kappa shape index (κ2) is 7.77. The number of rotatable bonds is 4. The van der Waals surface area contributed by atoms with Crippen LogP contribution < -0.4 is 4.90 Å². The summed E-state index contributed by atoms with van der Waals surface area (Å²) in [5.74, 6) is 0.954. The van der Waals surface area contributed by atoms with Crippen LogP contribution in [0.3, 0.4) is 0 Å². The van der Waals surface area contributed by atoms with E-state index in [4.69, 9.17) is 0 Å².